The van der Waals surface area contributed by atoms with Gasteiger partial charge in [-0.3, -0.25) is 4.57 Å². The van der Waals surface area contributed by atoms with E-state index in [1.165, 1.54) is 31.2 Å². The van der Waals surface area contributed by atoms with Gasteiger partial charge < -0.3 is 10.3 Å². The number of aromatic amines is 1. The van der Waals surface area contributed by atoms with E-state index < -0.39 is 0 Å². The van der Waals surface area contributed by atoms with Gasteiger partial charge in [0.15, 0.2) is 0 Å². The summed E-state index contributed by atoms with van der Waals surface area (Å²) < 4.78 is 2.06. The minimum Gasteiger partial charge on any atom is -0.369 e. The number of fused-ring (bicyclic) bond motifs is 5. The number of imidazole rings is 1. The number of nitrogens with zero attached hydrogens (tertiary/aromatic N) is 2. The largest absolute Gasteiger partial charge is 0.369 e. The molecule has 5 rings (SSSR count). The quantitative estimate of drug-likeness (QED) is 0.833. The van der Waals surface area contributed by atoms with E-state index in [-0.39, 0.29) is 5.69 Å². The molecule has 0 radical (unpaired) electrons. The van der Waals surface area contributed by atoms with Crippen molar-refractivity contribution in [3.63, 3.8) is 0 Å². The minimum absolute atomic E-state index is 0.0552. The van der Waals surface area contributed by atoms with Crippen LogP contribution in [0.25, 0.3) is 11.0 Å². The first-order valence-electron chi connectivity index (χ1n) is 7.67. The van der Waals surface area contributed by atoms with Gasteiger partial charge in [0, 0.05) is 18.2 Å². The number of anilines is 1. The Bertz CT molecular complexity index is 759. The van der Waals surface area contributed by atoms with Gasteiger partial charge in [-0.25, -0.2) is 9.78 Å². The van der Waals surface area contributed by atoms with Gasteiger partial charge >= 0.3 is 5.69 Å². The zero-order chi connectivity index (χ0) is 13.3. The van der Waals surface area contributed by atoms with Gasteiger partial charge in [-0.15, -0.1) is 0 Å². The molecule has 0 saturated heterocycles. The van der Waals surface area contributed by atoms with Gasteiger partial charge in [-0.05, 0) is 37.5 Å². The highest BCUT2D eigenvalue weighted by atomic mass is 16.1. The summed E-state index contributed by atoms with van der Waals surface area (Å²) in [7, 11) is 0. The Morgan fingerprint density at radius 2 is 2.25 bits per heavy atom. The van der Waals surface area contributed by atoms with E-state index in [2.05, 4.69) is 19.9 Å². The molecule has 5 heteroatoms. The lowest BCUT2D eigenvalue weighted by Gasteiger charge is -2.23. The van der Waals surface area contributed by atoms with Gasteiger partial charge in [0.1, 0.15) is 5.82 Å². The Balaban J connectivity index is 1.77. The predicted octanol–water partition coefficient (Wildman–Crippen LogP) is 2.05. The highest BCUT2D eigenvalue weighted by Crippen LogP contribution is 2.51. The van der Waals surface area contributed by atoms with Crippen LogP contribution in [0.4, 0.5) is 5.82 Å². The molecule has 2 saturated carbocycles. The summed E-state index contributed by atoms with van der Waals surface area (Å²) in [5.74, 6) is 2.51. The third-order valence-electron chi connectivity index (χ3n) is 5.55. The van der Waals surface area contributed by atoms with E-state index in [0.29, 0.717) is 12.0 Å². The lowest BCUT2D eigenvalue weighted by atomic mass is 9.95. The first kappa shape index (κ1) is 10.9. The van der Waals surface area contributed by atoms with E-state index in [0.717, 1.165) is 35.7 Å². The Morgan fingerprint density at radius 3 is 3.05 bits per heavy atom. The fourth-order valence-corrected chi connectivity index (χ4v) is 4.73. The Hall–Kier alpha value is -1.78. The lowest BCUT2D eigenvalue weighted by molar-refractivity contribution is 0.330. The molecule has 2 aromatic heterocycles. The Kier molecular flexibility index (Phi) is 2.00. The van der Waals surface area contributed by atoms with Gasteiger partial charge in [0.05, 0.1) is 17.2 Å². The van der Waals surface area contributed by atoms with Crippen LogP contribution in [0.15, 0.2) is 11.0 Å². The highest BCUT2D eigenvalue weighted by molar-refractivity contribution is 5.83. The summed E-state index contributed by atoms with van der Waals surface area (Å²) in [6.45, 7) is 0.928. The van der Waals surface area contributed by atoms with E-state index in [1.54, 1.807) is 6.20 Å². The van der Waals surface area contributed by atoms with Gasteiger partial charge in [0.25, 0.3) is 0 Å². The first-order valence-corrected chi connectivity index (χ1v) is 7.67. The molecular weight excluding hydrogens is 252 g/mol. The fraction of sp³-hybridized carbons (Fsp3) is 0.600. The molecule has 104 valence electrons. The third kappa shape index (κ3) is 1.28. The van der Waals surface area contributed by atoms with E-state index in [4.69, 9.17) is 0 Å². The molecule has 2 aromatic rings. The highest BCUT2D eigenvalue weighted by Gasteiger charge is 2.42. The number of hydrogen-bond donors (Lipinski definition) is 2. The molecule has 0 aromatic carbocycles. The minimum atomic E-state index is 0.0552. The molecular formula is C15H18N4O. The molecule has 0 amide bonds. The molecule has 0 spiro atoms. The molecule has 0 unspecified atom stereocenters. The van der Waals surface area contributed by atoms with Gasteiger partial charge in [-0.1, -0.05) is 6.42 Å². The maximum absolute atomic E-state index is 12.5. The first-order chi connectivity index (χ1) is 9.81. The van der Waals surface area contributed by atoms with E-state index >= 15 is 0 Å². The number of rotatable bonds is 1. The summed E-state index contributed by atoms with van der Waals surface area (Å²) in [5, 5.41) is 3.31. The Labute approximate surface area is 116 Å². The van der Waals surface area contributed by atoms with Crippen LogP contribution in [0, 0.1) is 11.8 Å². The number of hydrogen-bond acceptors (Lipinski definition) is 3. The number of aromatic nitrogens is 3. The van der Waals surface area contributed by atoms with Crippen molar-refractivity contribution in [3.05, 3.63) is 22.2 Å². The average molecular weight is 270 g/mol. The molecule has 2 fully saturated rings. The molecule has 3 aliphatic rings. The second kappa shape index (κ2) is 3.65. The van der Waals surface area contributed by atoms with Crippen LogP contribution >= 0.6 is 0 Å². The standard InChI is InChI=1S/C15H18N4O/c20-15-18-11-7-17-14-10(3-4-16-14)13(11)19(15)12-6-8-1-2-9(12)5-8/h7-9,12H,1-6H2,(H,16,17)(H,18,20)/t8-,9+,12-/m0/s1. The topological polar surface area (TPSA) is 62.7 Å². The summed E-state index contributed by atoms with van der Waals surface area (Å²) in [6, 6.07) is 0.405. The van der Waals surface area contributed by atoms with Crippen molar-refractivity contribution in [1.82, 2.24) is 14.5 Å². The smallest absolute Gasteiger partial charge is 0.326 e. The number of H-pyrrole nitrogens is 1. The van der Waals surface area contributed by atoms with Crippen LogP contribution in [-0.2, 0) is 6.42 Å². The number of nitrogens with one attached hydrogen (secondary N) is 2. The zero-order valence-electron chi connectivity index (χ0n) is 11.4. The van der Waals surface area contributed by atoms with Crippen molar-refractivity contribution >= 4 is 16.9 Å². The summed E-state index contributed by atoms with van der Waals surface area (Å²) in [5.41, 5.74) is 3.30. The average Bonchev–Trinajstić information content (AvgIpc) is 3.19. The monoisotopic (exact) mass is 270 g/mol. The maximum Gasteiger partial charge on any atom is 0.326 e. The molecule has 1 aliphatic heterocycles. The molecule has 3 heterocycles. The van der Waals surface area contributed by atoms with Crippen molar-refractivity contribution in [2.24, 2.45) is 11.8 Å². The Morgan fingerprint density at radius 1 is 1.30 bits per heavy atom. The van der Waals surface area contributed by atoms with Crippen LogP contribution in [-0.4, -0.2) is 21.1 Å². The van der Waals surface area contributed by atoms with Crippen LogP contribution < -0.4 is 11.0 Å². The van der Waals surface area contributed by atoms with E-state index in [1.807, 2.05) is 0 Å². The van der Waals surface area contributed by atoms with Crippen molar-refractivity contribution < 1.29 is 0 Å². The normalized spacial score (nSPS) is 30.9. The van der Waals surface area contributed by atoms with Crippen LogP contribution in [0.1, 0.15) is 37.3 Å². The predicted molar refractivity (Wildman–Crippen MR) is 77.0 cm³/mol. The van der Waals surface area contributed by atoms with Crippen molar-refractivity contribution in [2.75, 3.05) is 11.9 Å². The lowest BCUT2D eigenvalue weighted by Crippen LogP contribution is -2.26. The van der Waals surface area contributed by atoms with Crippen LogP contribution in [0.5, 0.6) is 0 Å². The second-order valence-electron chi connectivity index (χ2n) is 6.57. The fourth-order valence-electron chi connectivity index (χ4n) is 4.73. The van der Waals surface area contributed by atoms with Crippen LogP contribution in [0.3, 0.4) is 0 Å². The summed E-state index contributed by atoms with van der Waals surface area (Å²) in [4.78, 5) is 19.9. The van der Waals surface area contributed by atoms with E-state index in [9.17, 15) is 4.79 Å². The summed E-state index contributed by atoms with van der Waals surface area (Å²) >= 11 is 0. The molecule has 2 bridgehead atoms. The van der Waals surface area contributed by atoms with Gasteiger partial charge in [0.2, 0.25) is 0 Å². The van der Waals surface area contributed by atoms with Gasteiger partial charge in [-0.2, -0.15) is 0 Å². The molecule has 3 atom stereocenters. The molecule has 5 nitrogen and oxygen atoms in total. The molecule has 2 N–H and O–H groups in total. The van der Waals surface area contributed by atoms with Crippen LogP contribution in [0.2, 0.25) is 0 Å². The van der Waals surface area contributed by atoms with Crippen molar-refractivity contribution in [1.29, 1.82) is 0 Å². The molecule has 2 aliphatic carbocycles. The summed E-state index contributed by atoms with van der Waals surface area (Å²) in [6.07, 6.45) is 7.92. The maximum atomic E-state index is 12.5. The SMILES string of the molecule is O=c1[nH]c2cnc3c(c2n1[C@H]1C[C@H]2CC[C@@H]1C2)CCN3. The zero-order valence-corrected chi connectivity index (χ0v) is 11.4. The second-order valence-corrected chi connectivity index (χ2v) is 6.57. The number of pyridine rings is 1. The molecule has 20 heavy (non-hydrogen) atoms. The van der Waals surface area contributed by atoms with Crippen molar-refractivity contribution in [2.45, 2.75) is 38.1 Å². The third-order valence-corrected chi connectivity index (χ3v) is 5.55. The van der Waals surface area contributed by atoms with Crippen molar-refractivity contribution in [3.8, 4) is 0 Å².